The number of rotatable bonds is 4. The highest BCUT2D eigenvalue weighted by atomic mass is 35.5. The van der Waals surface area contributed by atoms with E-state index in [0.717, 1.165) is 36.2 Å². The fourth-order valence-corrected chi connectivity index (χ4v) is 3.11. The van der Waals surface area contributed by atoms with Gasteiger partial charge in [0.15, 0.2) is 0 Å². The molecule has 1 aromatic carbocycles. The number of pyridine rings is 1. The first-order valence-corrected chi connectivity index (χ1v) is 7.95. The average molecular weight is 315 g/mol. The predicted octanol–water partition coefficient (Wildman–Crippen LogP) is 3.78. The molecule has 4 heteroatoms. The third kappa shape index (κ3) is 2.86. The van der Waals surface area contributed by atoms with E-state index in [-0.39, 0.29) is 5.91 Å². The molecule has 0 saturated heterocycles. The summed E-state index contributed by atoms with van der Waals surface area (Å²) in [5, 5.41) is 3.74. The van der Waals surface area contributed by atoms with Gasteiger partial charge in [-0.3, -0.25) is 9.78 Å². The number of aromatic nitrogens is 1. The number of hydrogen-bond acceptors (Lipinski definition) is 2. The molecule has 3 rings (SSSR count). The van der Waals surface area contributed by atoms with Crippen LogP contribution < -0.4 is 5.32 Å². The smallest absolute Gasteiger partial charge is 0.230 e. The number of carbonyl (C=O) groups excluding carboxylic acids is 1. The third-order valence-electron chi connectivity index (χ3n) is 4.41. The fraction of sp³-hybridized carbons (Fsp3) is 0.333. The monoisotopic (exact) mass is 314 g/mol. The number of aryl methyl sites for hydroxylation is 1. The average Bonchev–Trinajstić information content (AvgIpc) is 2.46. The molecule has 0 radical (unpaired) electrons. The summed E-state index contributed by atoms with van der Waals surface area (Å²) < 4.78 is 0. The Morgan fingerprint density at radius 2 is 1.95 bits per heavy atom. The normalized spacial score (nSPS) is 15.9. The highest BCUT2D eigenvalue weighted by Crippen LogP contribution is 2.44. The van der Waals surface area contributed by atoms with Gasteiger partial charge in [0.25, 0.3) is 0 Å². The largest absolute Gasteiger partial charge is 0.350 e. The van der Waals surface area contributed by atoms with Crippen LogP contribution in [0.3, 0.4) is 0 Å². The molecule has 0 unspecified atom stereocenters. The summed E-state index contributed by atoms with van der Waals surface area (Å²) >= 11 is 5.95. The van der Waals surface area contributed by atoms with Crippen LogP contribution in [0, 0.1) is 6.92 Å². The van der Waals surface area contributed by atoms with Crippen molar-refractivity contribution in [3.63, 3.8) is 0 Å². The van der Waals surface area contributed by atoms with Gasteiger partial charge in [0.05, 0.1) is 17.7 Å². The van der Waals surface area contributed by atoms with Crippen LogP contribution in [-0.4, -0.2) is 10.9 Å². The molecule has 1 fully saturated rings. The molecule has 0 spiro atoms. The molecule has 3 nitrogen and oxygen atoms in total. The van der Waals surface area contributed by atoms with E-state index in [4.69, 9.17) is 11.6 Å². The molecule has 2 aromatic rings. The number of nitrogens with one attached hydrogen (secondary N) is 1. The van der Waals surface area contributed by atoms with Crippen LogP contribution >= 0.6 is 11.6 Å². The second-order valence-corrected chi connectivity index (χ2v) is 6.33. The summed E-state index contributed by atoms with van der Waals surface area (Å²) in [5.41, 5.74) is 2.51. The van der Waals surface area contributed by atoms with Crippen molar-refractivity contribution in [3.8, 4) is 0 Å². The Labute approximate surface area is 135 Å². The standard InChI is InChI=1S/C18H19ClN2O/c1-13-4-2-5-16(21-13)12-20-17(22)18(10-3-11-18)14-6-8-15(19)9-7-14/h2,4-9H,3,10-12H2,1H3,(H,20,22). The molecule has 0 bridgehead atoms. The maximum atomic E-state index is 12.7. The molecule has 1 saturated carbocycles. The van der Waals surface area contributed by atoms with Crippen LogP contribution in [0.25, 0.3) is 0 Å². The van der Waals surface area contributed by atoms with Crippen molar-refractivity contribution < 1.29 is 4.79 Å². The first-order valence-electron chi connectivity index (χ1n) is 7.57. The highest BCUT2D eigenvalue weighted by Gasteiger charge is 2.45. The summed E-state index contributed by atoms with van der Waals surface area (Å²) in [6, 6.07) is 13.5. The van der Waals surface area contributed by atoms with Crippen molar-refractivity contribution in [1.29, 1.82) is 0 Å². The molecule has 114 valence electrons. The molecule has 1 aromatic heterocycles. The quantitative estimate of drug-likeness (QED) is 0.933. The van der Waals surface area contributed by atoms with E-state index in [0.29, 0.717) is 11.6 Å². The highest BCUT2D eigenvalue weighted by molar-refractivity contribution is 6.30. The van der Waals surface area contributed by atoms with E-state index in [1.54, 1.807) is 0 Å². The Bertz CT molecular complexity index is 678. The number of carbonyl (C=O) groups is 1. The number of nitrogens with zero attached hydrogens (tertiary/aromatic N) is 1. The van der Waals surface area contributed by atoms with E-state index < -0.39 is 5.41 Å². The summed E-state index contributed by atoms with van der Waals surface area (Å²) in [6.45, 7) is 2.42. The lowest BCUT2D eigenvalue weighted by atomic mass is 9.64. The Morgan fingerprint density at radius 1 is 1.23 bits per heavy atom. The Hall–Kier alpha value is -1.87. The minimum Gasteiger partial charge on any atom is -0.350 e. The summed E-state index contributed by atoms with van der Waals surface area (Å²) in [6.07, 6.45) is 2.86. The number of halogens is 1. The summed E-state index contributed by atoms with van der Waals surface area (Å²) in [5.74, 6) is 0.0874. The Morgan fingerprint density at radius 3 is 2.55 bits per heavy atom. The van der Waals surface area contributed by atoms with Crippen LogP contribution in [-0.2, 0) is 16.8 Å². The van der Waals surface area contributed by atoms with E-state index in [2.05, 4.69) is 10.3 Å². The zero-order valence-corrected chi connectivity index (χ0v) is 13.4. The van der Waals surface area contributed by atoms with Gasteiger partial charge in [-0.2, -0.15) is 0 Å². The summed E-state index contributed by atoms with van der Waals surface area (Å²) in [7, 11) is 0. The molecule has 1 heterocycles. The van der Waals surface area contributed by atoms with Crippen LogP contribution in [0.2, 0.25) is 5.02 Å². The lowest BCUT2D eigenvalue weighted by molar-refractivity contribution is -0.130. The molecule has 0 aliphatic heterocycles. The minimum absolute atomic E-state index is 0.0874. The molecule has 22 heavy (non-hydrogen) atoms. The molecule has 1 aliphatic carbocycles. The second kappa shape index (κ2) is 6.09. The van der Waals surface area contributed by atoms with Crippen molar-refractivity contribution in [3.05, 3.63) is 64.4 Å². The van der Waals surface area contributed by atoms with Gasteiger partial charge >= 0.3 is 0 Å². The summed E-state index contributed by atoms with van der Waals surface area (Å²) in [4.78, 5) is 17.1. The van der Waals surface area contributed by atoms with Crippen molar-refractivity contribution in [2.24, 2.45) is 0 Å². The van der Waals surface area contributed by atoms with Gasteiger partial charge in [0.2, 0.25) is 5.91 Å². The van der Waals surface area contributed by atoms with E-state index in [1.807, 2.05) is 49.4 Å². The maximum absolute atomic E-state index is 12.7. The predicted molar refractivity (Wildman–Crippen MR) is 87.8 cm³/mol. The Balaban J connectivity index is 1.73. The third-order valence-corrected chi connectivity index (χ3v) is 4.67. The SMILES string of the molecule is Cc1cccc(CNC(=O)C2(c3ccc(Cl)cc3)CCC2)n1. The molecule has 1 amide bonds. The zero-order valence-electron chi connectivity index (χ0n) is 12.6. The lowest BCUT2D eigenvalue weighted by Gasteiger charge is -2.40. The van der Waals surface area contributed by atoms with Gasteiger partial charge < -0.3 is 5.32 Å². The molecular weight excluding hydrogens is 296 g/mol. The second-order valence-electron chi connectivity index (χ2n) is 5.90. The number of hydrogen-bond donors (Lipinski definition) is 1. The van der Waals surface area contributed by atoms with Crippen molar-refractivity contribution in [1.82, 2.24) is 10.3 Å². The van der Waals surface area contributed by atoms with Crippen LogP contribution in [0.15, 0.2) is 42.5 Å². The Kier molecular flexibility index (Phi) is 4.16. The van der Waals surface area contributed by atoms with Gasteiger partial charge in [0.1, 0.15) is 0 Å². The number of amides is 1. The van der Waals surface area contributed by atoms with Crippen LogP contribution in [0.4, 0.5) is 0 Å². The van der Waals surface area contributed by atoms with Gasteiger partial charge in [0, 0.05) is 10.7 Å². The van der Waals surface area contributed by atoms with Crippen LogP contribution in [0.5, 0.6) is 0 Å². The van der Waals surface area contributed by atoms with Crippen molar-refractivity contribution >= 4 is 17.5 Å². The van der Waals surface area contributed by atoms with E-state index in [1.165, 1.54) is 0 Å². The van der Waals surface area contributed by atoms with Crippen molar-refractivity contribution in [2.45, 2.75) is 38.1 Å². The fourth-order valence-electron chi connectivity index (χ4n) is 2.98. The first-order chi connectivity index (χ1) is 10.6. The minimum atomic E-state index is -0.394. The maximum Gasteiger partial charge on any atom is 0.230 e. The van der Waals surface area contributed by atoms with E-state index >= 15 is 0 Å². The van der Waals surface area contributed by atoms with Gasteiger partial charge in [-0.1, -0.05) is 36.2 Å². The molecule has 1 N–H and O–H groups in total. The van der Waals surface area contributed by atoms with Gasteiger partial charge in [-0.15, -0.1) is 0 Å². The zero-order chi connectivity index (χ0) is 15.6. The number of benzene rings is 1. The topological polar surface area (TPSA) is 42.0 Å². The lowest BCUT2D eigenvalue weighted by Crippen LogP contribution is -2.49. The molecular formula is C18H19ClN2O. The van der Waals surface area contributed by atoms with E-state index in [9.17, 15) is 4.79 Å². The van der Waals surface area contributed by atoms with Gasteiger partial charge in [-0.25, -0.2) is 0 Å². The van der Waals surface area contributed by atoms with Crippen molar-refractivity contribution in [2.75, 3.05) is 0 Å². The molecule has 1 aliphatic rings. The van der Waals surface area contributed by atoms with Crippen LogP contribution in [0.1, 0.15) is 36.2 Å². The first kappa shape index (κ1) is 15.0. The molecule has 0 atom stereocenters. The van der Waals surface area contributed by atoms with Gasteiger partial charge in [-0.05, 0) is 49.6 Å².